The predicted molar refractivity (Wildman–Crippen MR) is 73.4 cm³/mol. The average Bonchev–Trinajstić information content (AvgIpc) is 2.81. The molecule has 1 aromatic rings. The molecule has 1 amide bonds. The summed E-state index contributed by atoms with van der Waals surface area (Å²) in [4.78, 5) is 24.5. The number of halogens is 1. The average molecular weight is 330 g/mol. The number of carbonyl (C=O) groups excluding carboxylic acids is 1. The van der Waals surface area contributed by atoms with E-state index in [0.717, 1.165) is 10.0 Å². The van der Waals surface area contributed by atoms with Crippen molar-refractivity contribution in [1.29, 1.82) is 0 Å². The van der Waals surface area contributed by atoms with Crippen molar-refractivity contribution in [3.63, 3.8) is 0 Å². The summed E-state index contributed by atoms with van der Waals surface area (Å²) in [6.07, 6.45) is 0.248. The normalized spacial score (nSPS) is 18.9. The van der Waals surface area contributed by atoms with Gasteiger partial charge in [-0.15, -0.1) is 11.8 Å². The zero-order chi connectivity index (χ0) is 13.1. The molecular formula is C12H12BrNO3S. The van der Waals surface area contributed by atoms with E-state index in [1.807, 2.05) is 24.3 Å². The zero-order valence-corrected chi connectivity index (χ0v) is 11.9. The van der Waals surface area contributed by atoms with E-state index >= 15 is 0 Å². The number of carboxylic acids is 1. The highest BCUT2D eigenvalue weighted by Crippen LogP contribution is 2.22. The minimum absolute atomic E-state index is 0.130. The van der Waals surface area contributed by atoms with Crippen molar-refractivity contribution in [2.24, 2.45) is 0 Å². The van der Waals surface area contributed by atoms with E-state index in [-0.39, 0.29) is 12.3 Å². The van der Waals surface area contributed by atoms with Crippen LogP contribution in [0.15, 0.2) is 28.7 Å². The molecule has 1 heterocycles. The van der Waals surface area contributed by atoms with E-state index in [1.165, 1.54) is 16.7 Å². The summed E-state index contributed by atoms with van der Waals surface area (Å²) < 4.78 is 0.957. The molecule has 0 radical (unpaired) electrons. The summed E-state index contributed by atoms with van der Waals surface area (Å²) in [6.45, 7) is 0. The fourth-order valence-electron chi connectivity index (χ4n) is 1.77. The van der Waals surface area contributed by atoms with Crippen molar-refractivity contribution in [2.75, 3.05) is 11.6 Å². The van der Waals surface area contributed by atoms with Crippen LogP contribution in [0.5, 0.6) is 0 Å². The van der Waals surface area contributed by atoms with Gasteiger partial charge in [-0.25, -0.2) is 4.79 Å². The van der Waals surface area contributed by atoms with E-state index in [1.54, 1.807) is 0 Å². The third kappa shape index (κ3) is 3.05. The molecule has 1 N–H and O–H groups in total. The molecule has 0 aromatic heterocycles. The van der Waals surface area contributed by atoms with Crippen LogP contribution in [0.2, 0.25) is 0 Å². The molecule has 0 bridgehead atoms. The van der Waals surface area contributed by atoms with Crippen molar-refractivity contribution in [2.45, 2.75) is 12.5 Å². The van der Waals surface area contributed by atoms with E-state index in [2.05, 4.69) is 15.9 Å². The Balaban J connectivity index is 2.03. The van der Waals surface area contributed by atoms with Crippen molar-refractivity contribution in [3.8, 4) is 0 Å². The molecule has 1 unspecified atom stereocenters. The van der Waals surface area contributed by atoms with E-state index in [0.29, 0.717) is 11.6 Å². The Hall–Kier alpha value is -1.01. The Kier molecular flexibility index (Phi) is 4.29. The van der Waals surface area contributed by atoms with Crippen molar-refractivity contribution >= 4 is 39.6 Å². The Morgan fingerprint density at radius 2 is 2.06 bits per heavy atom. The van der Waals surface area contributed by atoms with Crippen LogP contribution < -0.4 is 0 Å². The van der Waals surface area contributed by atoms with E-state index in [9.17, 15) is 9.59 Å². The summed E-state index contributed by atoms with van der Waals surface area (Å²) in [5.41, 5.74) is 0.893. The molecule has 0 aliphatic carbocycles. The molecule has 1 aliphatic rings. The number of nitrogens with zero attached hydrogens (tertiary/aromatic N) is 1. The Morgan fingerprint density at radius 1 is 1.39 bits per heavy atom. The molecule has 4 nitrogen and oxygen atoms in total. The maximum Gasteiger partial charge on any atom is 0.327 e. The van der Waals surface area contributed by atoms with Crippen LogP contribution in [-0.4, -0.2) is 39.6 Å². The van der Waals surface area contributed by atoms with Crippen molar-refractivity contribution in [3.05, 3.63) is 34.3 Å². The number of carbonyl (C=O) groups is 2. The fourth-order valence-corrected chi connectivity index (χ4v) is 3.21. The molecular weight excluding hydrogens is 318 g/mol. The van der Waals surface area contributed by atoms with Gasteiger partial charge in [-0.3, -0.25) is 4.79 Å². The second-order valence-corrected chi connectivity index (χ2v) is 5.94. The monoisotopic (exact) mass is 329 g/mol. The van der Waals surface area contributed by atoms with Crippen LogP contribution in [0.25, 0.3) is 0 Å². The third-order valence-electron chi connectivity index (χ3n) is 2.76. The number of hydrogen-bond donors (Lipinski definition) is 1. The second kappa shape index (κ2) is 5.75. The highest BCUT2D eigenvalue weighted by atomic mass is 79.9. The highest BCUT2D eigenvalue weighted by molar-refractivity contribution is 9.10. The minimum atomic E-state index is -0.927. The van der Waals surface area contributed by atoms with Gasteiger partial charge in [0.15, 0.2) is 0 Å². The summed E-state index contributed by atoms with van der Waals surface area (Å²) in [6, 6.07) is 6.78. The standard InChI is InChI=1S/C12H12BrNO3S/c13-9-3-1-8(2-4-9)5-11(15)14-7-18-6-10(14)12(16)17/h1-4,10H,5-7H2,(H,16,17). The number of amides is 1. The lowest BCUT2D eigenvalue weighted by atomic mass is 10.1. The molecule has 6 heteroatoms. The molecule has 18 heavy (non-hydrogen) atoms. The number of hydrogen-bond acceptors (Lipinski definition) is 3. The lowest BCUT2D eigenvalue weighted by Crippen LogP contribution is -2.42. The molecule has 96 valence electrons. The second-order valence-electron chi connectivity index (χ2n) is 4.02. The quantitative estimate of drug-likeness (QED) is 0.921. The molecule has 1 saturated heterocycles. The topological polar surface area (TPSA) is 57.6 Å². The van der Waals surface area contributed by atoms with Gasteiger partial charge >= 0.3 is 5.97 Å². The smallest absolute Gasteiger partial charge is 0.327 e. The van der Waals surface area contributed by atoms with E-state index in [4.69, 9.17) is 5.11 Å². The maximum absolute atomic E-state index is 12.1. The minimum Gasteiger partial charge on any atom is -0.480 e. The predicted octanol–water partition coefficient (Wildman–Crippen LogP) is 1.98. The van der Waals surface area contributed by atoms with Gasteiger partial charge < -0.3 is 10.0 Å². The summed E-state index contributed by atoms with van der Waals surface area (Å²) in [7, 11) is 0. The molecule has 2 rings (SSSR count). The van der Waals surface area contributed by atoms with Gasteiger partial charge in [0.1, 0.15) is 6.04 Å². The van der Waals surface area contributed by atoms with E-state index < -0.39 is 12.0 Å². The number of benzene rings is 1. The maximum atomic E-state index is 12.1. The van der Waals surface area contributed by atoms with Crippen LogP contribution in [0.4, 0.5) is 0 Å². The molecule has 0 spiro atoms. The first-order valence-electron chi connectivity index (χ1n) is 5.42. The van der Waals surface area contributed by atoms with Crippen LogP contribution >= 0.6 is 27.7 Å². The first kappa shape index (κ1) is 13.4. The van der Waals surface area contributed by atoms with Gasteiger partial charge in [-0.2, -0.15) is 0 Å². The first-order valence-corrected chi connectivity index (χ1v) is 7.37. The third-order valence-corrected chi connectivity index (χ3v) is 4.30. The van der Waals surface area contributed by atoms with Crippen molar-refractivity contribution < 1.29 is 14.7 Å². The fraction of sp³-hybridized carbons (Fsp3) is 0.333. The highest BCUT2D eigenvalue weighted by Gasteiger charge is 2.34. The van der Waals surface area contributed by atoms with Gasteiger partial charge in [-0.1, -0.05) is 28.1 Å². The Labute approximate surface area is 117 Å². The van der Waals surface area contributed by atoms with Crippen LogP contribution in [-0.2, 0) is 16.0 Å². The molecule has 1 aromatic carbocycles. The number of rotatable bonds is 3. The molecule has 0 saturated carbocycles. The zero-order valence-electron chi connectivity index (χ0n) is 9.51. The van der Waals surface area contributed by atoms with Crippen molar-refractivity contribution in [1.82, 2.24) is 4.90 Å². The number of thioether (sulfide) groups is 1. The summed E-state index contributed by atoms with van der Waals surface area (Å²) >= 11 is 4.81. The number of carboxylic acid groups (broad SMARTS) is 1. The number of aliphatic carboxylic acids is 1. The first-order chi connectivity index (χ1) is 8.58. The Morgan fingerprint density at radius 3 is 2.67 bits per heavy atom. The van der Waals surface area contributed by atoms with Crippen LogP contribution in [0, 0.1) is 0 Å². The van der Waals surface area contributed by atoms with Gasteiger partial charge in [0.25, 0.3) is 0 Å². The van der Waals surface area contributed by atoms with Gasteiger partial charge in [0.05, 0.1) is 12.3 Å². The molecule has 1 aliphatic heterocycles. The summed E-state index contributed by atoms with van der Waals surface area (Å²) in [5, 5.41) is 9.02. The SMILES string of the molecule is O=C(O)C1CSCN1C(=O)Cc1ccc(Br)cc1. The van der Waals surface area contributed by atoms with Gasteiger partial charge in [0.2, 0.25) is 5.91 Å². The largest absolute Gasteiger partial charge is 0.480 e. The van der Waals surface area contributed by atoms with Gasteiger partial charge in [0, 0.05) is 10.2 Å². The van der Waals surface area contributed by atoms with Gasteiger partial charge in [-0.05, 0) is 17.7 Å². The molecule has 1 fully saturated rings. The lowest BCUT2D eigenvalue weighted by molar-refractivity contribution is -0.147. The summed E-state index contributed by atoms with van der Waals surface area (Å²) in [5.74, 6) is -0.118. The Bertz CT molecular complexity index is 463. The molecule has 1 atom stereocenters. The van der Waals surface area contributed by atoms with Crippen LogP contribution in [0.1, 0.15) is 5.56 Å². The van der Waals surface area contributed by atoms with Crippen LogP contribution in [0.3, 0.4) is 0 Å². The lowest BCUT2D eigenvalue weighted by Gasteiger charge is -2.20.